The SMILES string of the molecule is NC(=NCC1CCC1)NC1CC(c2ccc(Br)cc2)C1. The number of hydrogen-bond acceptors (Lipinski definition) is 1. The molecule has 0 aliphatic heterocycles. The van der Waals surface area contributed by atoms with E-state index in [1.165, 1.54) is 24.8 Å². The first-order valence-corrected chi connectivity index (χ1v) is 8.32. The van der Waals surface area contributed by atoms with E-state index in [1.54, 1.807) is 0 Å². The Morgan fingerprint density at radius 3 is 2.55 bits per heavy atom. The topological polar surface area (TPSA) is 50.4 Å². The Hall–Kier alpha value is -1.03. The molecule has 1 aromatic rings. The summed E-state index contributed by atoms with van der Waals surface area (Å²) in [5, 5.41) is 3.35. The summed E-state index contributed by atoms with van der Waals surface area (Å²) < 4.78 is 1.14. The monoisotopic (exact) mass is 335 g/mol. The van der Waals surface area contributed by atoms with Gasteiger partial charge in [-0.1, -0.05) is 34.5 Å². The van der Waals surface area contributed by atoms with Crippen molar-refractivity contribution in [3.63, 3.8) is 0 Å². The summed E-state index contributed by atoms with van der Waals surface area (Å²) in [7, 11) is 0. The molecule has 108 valence electrons. The van der Waals surface area contributed by atoms with Gasteiger partial charge < -0.3 is 11.1 Å². The van der Waals surface area contributed by atoms with E-state index >= 15 is 0 Å². The summed E-state index contributed by atoms with van der Waals surface area (Å²) in [6, 6.07) is 9.14. The first-order chi connectivity index (χ1) is 9.70. The van der Waals surface area contributed by atoms with E-state index in [2.05, 4.69) is 50.5 Å². The van der Waals surface area contributed by atoms with E-state index in [1.807, 2.05) is 0 Å². The highest BCUT2D eigenvalue weighted by molar-refractivity contribution is 9.10. The molecule has 3 rings (SSSR count). The summed E-state index contributed by atoms with van der Waals surface area (Å²) in [6.07, 6.45) is 6.32. The van der Waals surface area contributed by atoms with Gasteiger partial charge in [0.25, 0.3) is 0 Å². The van der Waals surface area contributed by atoms with Gasteiger partial charge >= 0.3 is 0 Å². The molecule has 4 heteroatoms. The molecule has 0 amide bonds. The van der Waals surface area contributed by atoms with Crippen LogP contribution in [0.15, 0.2) is 33.7 Å². The van der Waals surface area contributed by atoms with Gasteiger partial charge in [0.15, 0.2) is 5.96 Å². The molecule has 0 heterocycles. The van der Waals surface area contributed by atoms with Crippen LogP contribution < -0.4 is 11.1 Å². The first-order valence-electron chi connectivity index (χ1n) is 7.52. The van der Waals surface area contributed by atoms with Crippen LogP contribution in [0.4, 0.5) is 0 Å². The molecule has 0 radical (unpaired) electrons. The molecule has 0 spiro atoms. The molecule has 1 aromatic carbocycles. The van der Waals surface area contributed by atoms with Crippen molar-refractivity contribution in [1.82, 2.24) is 5.32 Å². The average Bonchev–Trinajstić information content (AvgIpc) is 2.33. The fourth-order valence-electron chi connectivity index (χ4n) is 2.90. The second kappa shape index (κ2) is 6.17. The molecule has 2 aliphatic rings. The fourth-order valence-corrected chi connectivity index (χ4v) is 3.16. The molecule has 3 nitrogen and oxygen atoms in total. The van der Waals surface area contributed by atoms with Gasteiger partial charge in [-0.3, -0.25) is 4.99 Å². The Morgan fingerprint density at radius 2 is 1.95 bits per heavy atom. The molecule has 0 saturated heterocycles. The standard InChI is InChI=1S/C16H22BrN3/c17-14-6-4-12(5-7-14)13-8-15(9-13)20-16(18)19-10-11-2-1-3-11/h4-7,11,13,15H,1-3,8-10H2,(H3,18,19,20). The lowest BCUT2D eigenvalue weighted by Crippen LogP contribution is -2.46. The second-order valence-corrected chi connectivity index (χ2v) is 7.00. The van der Waals surface area contributed by atoms with Gasteiger partial charge in [-0.05, 0) is 55.2 Å². The summed E-state index contributed by atoms with van der Waals surface area (Å²) in [5.74, 6) is 2.09. The highest BCUT2D eigenvalue weighted by Gasteiger charge is 2.30. The highest BCUT2D eigenvalue weighted by atomic mass is 79.9. The number of halogens is 1. The third-order valence-electron chi connectivity index (χ3n) is 4.58. The first kappa shape index (κ1) is 13.9. The number of rotatable bonds is 4. The van der Waals surface area contributed by atoms with Gasteiger partial charge in [0.2, 0.25) is 0 Å². The Kier molecular flexibility index (Phi) is 4.29. The summed E-state index contributed by atoms with van der Waals surface area (Å²) >= 11 is 3.47. The zero-order valence-corrected chi connectivity index (χ0v) is 13.3. The van der Waals surface area contributed by atoms with Crippen molar-refractivity contribution in [3.05, 3.63) is 34.3 Å². The van der Waals surface area contributed by atoms with Crippen LogP contribution in [0.2, 0.25) is 0 Å². The van der Waals surface area contributed by atoms with E-state index in [0.717, 1.165) is 29.8 Å². The summed E-state index contributed by atoms with van der Waals surface area (Å²) in [6.45, 7) is 0.904. The predicted molar refractivity (Wildman–Crippen MR) is 86.9 cm³/mol. The van der Waals surface area contributed by atoms with E-state index in [0.29, 0.717) is 17.9 Å². The third kappa shape index (κ3) is 3.35. The number of guanidine groups is 1. The number of nitrogens with two attached hydrogens (primary N) is 1. The minimum atomic E-state index is 0.494. The zero-order chi connectivity index (χ0) is 13.9. The number of hydrogen-bond donors (Lipinski definition) is 2. The second-order valence-electron chi connectivity index (χ2n) is 6.08. The zero-order valence-electron chi connectivity index (χ0n) is 11.7. The maximum atomic E-state index is 5.95. The van der Waals surface area contributed by atoms with Crippen molar-refractivity contribution in [1.29, 1.82) is 0 Å². The quantitative estimate of drug-likeness (QED) is 0.654. The van der Waals surface area contributed by atoms with Crippen molar-refractivity contribution in [2.24, 2.45) is 16.6 Å². The maximum absolute atomic E-state index is 5.95. The van der Waals surface area contributed by atoms with Crippen molar-refractivity contribution < 1.29 is 0 Å². The van der Waals surface area contributed by atoms with Crippen LogP contribution in [-0.2, 0) is 0 Å². The van der Waals surface area contributed by atoms with Gasteiger partial charge in [-0.2, -0.15) is 0 Å². The molecule has 2 fully saturated rings. The lowest BCUT2D eigenvalue weighted by Gasteiger charge is -2.36. The molecular weight excluding hydrogens is 314 g/mol. The van der Waals surface area contributed by atoms with E-state index in [4.69, 9.17) is 5.73 Å². The predicted octanol–water partition coefficient (Wildman–Crippen LogP) is 3.40. The highest BCUT2D eigenvalue weighted by Crippen LogP contribution is 2.37. The van der Waals surface area contributed by atoms with Crippen molar-refractivity contribution in [3.8, 4) is 0 Å². The largest absolute Gasteiger partial charge is 0.370 e. The van der Waals surface area contributed by atoms with Gasteiger partial charge in [0.05, 0.1) is 0 Å². The molecular formula is C16H22BrN3. The van der Waals surface area contributed by atoms with Crippen LogP contribution in [0.1, 0.15) is 43.6 Å². The van der Waals surface area contributed by atoms with Crippen LogP contribution in [0.5, 0.6) is 0 Å². The van der Waals surface area contributed by atoms with Crippen LogP contribution in [-0.4, -0.2) is 18.5 Å². The smallest absolute Gasteiger partial charge is 0.188 e. The Morgan fingerprint density at radius 1 is 1.25 bits per heavy atom. The Balaban J connectivity index is 1.42. The fraction of sp³-hybridized carbons (Fsp3) is 0.562. The van der Waals surface area contributed by atoms with Crippen molar-refractivity contribution >= 4 is 21.9 Å². The number of aliphatic imine (C=N–C) groups is 1. The van der Waals surface area contributed by atoms with Crippen LogP contribution in [0.25, 0.3) is 0 Å². The van der Waals surface area contributed by atoms with Crippen LogP contribution >= 0.6 is 15.9 Å². The number of nitrogens with zero attached hydrogens (tertiary/aromatic N) is 1. The average molecular weight is 336 g/mol. The third-order valence-corrected chi connectivity index (χ3v) is 5.10. The molecule has 20 heavy (non-hydrogen) atoms. The minimum Gasteiger partial charge on any atom is -0.370 e. The normalized spacial score (nSPS) is 26.8. The van der Waals surface area contributed by atoms with Crippen molar-refractivity contribution in [2.45, 2.75) is 44.1 Å². The molecule has 0 atom stereocenters. The van der Waals surface area contributed by atoms with Crippen LogP contribution in [0, 0.1) is 5.92 Å². The van der Waals surface area contributed by atoms with Gasteiger partial charge in [-0.15, -0.1) is 0 Å². The Bertz CT molecular complexity index is 473. The van der Waals surface area contributed by atoms with E-state index in [9.17, 15) is 0 Å². The molecule has 0 bridgehead atoms. The summed E-state index contributed by atoms with van der Waals surface area (Å²) in [5.41, 5.74) is 7.37. The molecule has 2 saturated carbocycles. The molecule has 3 N–H and O–H groups in total. The minimum absolute atomic E-state index is 0.494. The van der Waals surface area contributed by atoms with Gasteiger partial charge in [0, 0.05) is 17.1 Å². The molecule has 2 aliphatic carbocycles. The number of nitrogens with one attached hydrogen (secondary N) is 1. The van der Waals surface area contributed by atoms with Crippen molar-refractivity contribution in [2.75, 3.05) is 6.54 Å². The van der Waals surface area contributed by atoms with Gasteiger partial charge in [-0.25, -0.2) is 0 Å². The molecule has 0 aromatic heterocycles. The Labute approximate surface area is 129 Å². The lowest BCUT2D eigenvalue weighted by atomic mass is 9.76. The summed E-state index contributed by atoms with van der Waals surface area (Å²) in [4.78, 5) is 4.45. The van der Waals surface area contributed by atoms with E-state index < -0.39 is 0 Å². The van der Waals surface area contributed by atoms with E-state index in [-0.39, 0.29) is 0 Å². The van der Waals surface area contributed by atoms with Gasteiger partial charge in [0.1, 0.15) is 0 Å². The number of benzene rings is 1. The lowest BCUT2D eigenvalue weighted by molar-refractivity contribution is 0.317. The van der Waals surface area contributed by atoms with Crippen LogP contribution in [0.3, 0.4) is 0 Å². The maximum Gasteiger partial charge on any atom is 0.188 e. The molecule has 0 unspecified atom stereocenters.